The average Bonchev–Trinajstić information content (AvgIpc) is 2.85. The van der Waals surface area contributed by atoms with Gasteiger partial charge in [0.25, 0.3) is 0 Å². The van der Waals surface area contributed by atoms with E-state index in [2.05, 4.69) is 63.0 Å². The number of halogens is 3. The first kappa shape index (κ1) is 14.4. The van der Waals surface area contributed by atoms with Gasteiger partial charge in [-0.1, -0.05) is 37.9 Å². The number of ether oxygens (including phenoxy) is 1. The average molecular weight is 417 g/mol. The van der Waals surface area contributed by atoms with E-state index in [1.165, 1.54) is 11.1 Å². The van der Waals surface area contributed by atoms with E-state index in [0.29, 0.717) is 0 Å². The van der Waals surface area contributed by atoms with Crippen molar-refractivity contribution in [2.45, 2.75) is 18.7 Å². The van der Waals surface area contributed by atoms with Crippen LogP contribution in [0.4, 0.5) is 0 Å². The Morgan fingerprint density at radius 1 is 1.10 bits per heavy atom. The van der Waals surface area contributed by atoms with Crippen LogP contribution in [0.3, 0.4) is 0 Å². The lowest BCUT2D eigenvalue weighted by Crippen LogP contribution is -1.99. The lowest BCUT2D eigenvalue weighted by molar-refractivity contribution is 0.353. The molecular weight excluding hydrogens is 403 g/mol. The summed E-state index contributed by atoms with van der Waals surface area (Å²) in [4.78, 5) is 0. The van der Waals surface area contributed by atoms with E-state index in [1.807, 2.05) is 6.07 Å². The number of rotatable bonds is 2. The third-order valence-electron chi connectivity index (χ3n) is 3.56. The molecule has 0 saturated heterocycles. The standard InChI is InChI=1S/C16H13Br2ClO/c1-9-6-11(17)2-3-13(9)15(19)14-8-12(18)7-10-4-5-20-16(10)14/h2-3,6-8,15H,4-5H2,1H3. The summed E-state index contributed by atoms with van der Waals surface area (Å²) in [6.45, 7) is 2.82. The molecule has 104 valence electrons. The number of alkyl halides is 1. The predicted octanol–water partition coefficient (Wildman–Crippen LogP) is 5.78. The molecule has 20 heavy (non-hydrogen) atoms. The summed E-state index contributed by atoms with van der Waals surface area (Å²) in [5, 5.41) is -0.201. The maximum Gasteiger partial charge on any atom is 0.127 e. The fourth-order valence-corrected chi connectivity index (χ4v) is 3.98. The van der Waals surface area contributed by atoms with E-state index in [9.17, 15) is 0 Å². The largest absolute Gasteiger partial charge is 0.493 e. The van der Waals surface area contributed by atoms with Gasteiger partial charge in [-0.05, 0) is 47.9 Å². The Balaban J connectivity index is 2.09. The highest BCUT2D eigenvalue weighted by Crippen LogP contribution is 2.42. The quantitative estimate of drug-likeness (QED) is 0.564. The first-order chi connectivity index (χ1) is 9.56. The van der Waals surface area contributed by atoms with Crippen LogP contribution in [0, 0.1) is 6.92 Å². The van der Waals surface area contributed by atoms with Crippen LogP contribution in [0.5, 0.6) is 5.75 Å². The molecule has 0 bridgehead atoms. The zero-order chi connectivity index (χ0) is 14.3. The molecule has 0 radical (unpaired) electrons. The molecule has 0 saturated carbocycles. The SMILES string of the molecule is Cc1cc(Br)ccc1C(Cl)c1cc(Br)cc2c1OCC2. The van der Waals surface area contributed by atoms with Crippen molar-refractivity contribution < 1.29 is 4.74 Å². The van der Waals surface area contributed by atoms with E-state index in [1.54, 1.807) is 0 Å². The van der Waals surface area contributed by atoms with Crippen LogP contribution in [0.25, 0.3) is 0 Å². The fourth-order valence-electron chi connectivity index (χ4n) is 2.58. The molecule has 0 fully saturated rings. The Bertz CT molecular complexity index is 670. The molecule has 1 unspecified atom stereocenters. The molecule has 0 aliphatic carbocycles. The van der Waals surface area contributed by atoms with Gasteiger partial charge in [-0.25, -0.2) is 0 Å². The number of hydrogen-bond acceptors (Lipinski definition) is 1. The maximum absolute atomic E-state index is 6.73. The van der Waals surface area contributed by atoms with Crippen molar-refractivity contribution in [1.82, 2.24) is 0 Å². The van der Waals surface area contributed by atoms with E-state index < -0.39 is 0 Å². The number of fused-ring (bicyclic) bond motifs is 1. The van der Waals surface area contributed by atoms with Crippen molar-refractivity contribution in [3.63, 3.8) is 0 Å². The summed E-state index contributed by atoms with van der Waals surface area (Å²) < 4.78 is 7.90. The normalized spacial score (nSPS) is 14.8. The van der Waals surface area contributed by atoms with E-state index in [4.69, 9.17) is 16.3 Å². The van der Waals surface area contributed by atoms with E-state index in [-0.39, 0.29) is 5.38 Å². The Morgan fingerprint density at radius 2 is 1.90 bits per heavy atom. The molecule has 1 atom stereocenters. The molecular formula is C16H13Br2ClO. The number of aryl methyl sites for hydroxylation is 1. The third-order valence-corrected chi connectivity index (χ3v) is 4.98. The van der Waals surface area contributed by atoms with Crippen LogP contribution >= 0.6 is 43.5 Å². The minimum atomic E-state index is -0.201. The van der Waals surface area contributed by atoms with Gasteiger partial charge in [-0.2, -0.15) is 0 Å². The van der Waals surface area contributed by atoms with Crippen molar-refractivity contribution in [2.75, 3.05) is 6.61 Å². The Kier molecular flexibility index (Phi) is 4.11. The van der Waals surface area contributed by atoms with Gasteiger partial charge in [0.15, 0.2) is 0 Å². The third kappa shape index (κ3) is 2.63. The minimum Gasteiger partial charge on any atom is -0.493 e. The number of hydrogen-bond donors (Lipinski definition) is 0. The molecule has 1 nitrogen and oxygen atoms in total. The summed E-state index contributed by atoms with van der Waals surface area (Å²) in [6, 6.07) is 10.4. The zero-order valence-electron chi connectivity index (χ0n) is 10.9. The van der Waals surface area contributed by atoms with Crippen molar-refractivity contribution in [1.29, 1.82) is 0 Å². The van der Waals surface area contributed by atoms with Gasteiger partial charge >= 0.3 is 0 Å². The summed E-state index contributed by atoms with van der Waals surface area (Å²) in [6.07, 6.45) is 0.949. The van der Waals surface area contributed by atoms with Crippen molar-refractivity contribution in [3.05, 3.63) is 61.5 Å². The fraction of sp³-hybridized carbons (Fsp3) is 0.250. The molecule has 1 heterocycles. The van der Waals surface area contributed by atoms with Gasteiger partial charge in [-0.15, -0.1) is 11.6 Å². The van der Waals surface area contributed by atoms with Gasteiger partial charge in [0, 0.05) is 20.9 Å². The molecule has 1 aliphatic rings. The molecule has 0 amide bonds. The monoisotopic (exact) mass is 414 g/mol. The van der Waals surface area contributed by atoms with Gasteiger partial charge in [0.2, 0.25) is 0 Å². The first-order valence-corrected chi connectivity index (χ1v) is 8.44. The molecule has 3 rings (SSSR count). The van der Waals surface area contributed by atoms with E-state index >= 15 is 0 Å². The van der Waals surface area contributed by atoms with Crippen LogP contribution in [-0.2, 0) is 6.42 Å². The van der Waals surface area contributed by atoms with Gasteiger partial charge in [0.05, 0.1) is 12.0 Å². The molecule has 2 aromatic carbocycles. The summed E-state index contributed by atoms with van der Waals surface area (Å²) in [5.41, 5.74) is 4.56. The first-order valence-electron chi connectivity index (χ1n) is 6.41. The van der Waals surface area contributed by atoms with Gasteiger partial charge in [-0.3, -0.25) is 0 Å². The molecule has 0 N–H and O–H groups in total. The second-order valence-corrected chi connectivity index (χ2v) is 7.21. The second kappa shape index (κ2) is 5.70. The maximum atomic E-state index is 6.73. The highest BCUT2D eigenvalue weighted by molar-refractivity contribution is 9.10. The van der Waals surface area contributed by atoms with E-state index in [0.717, 1.165) is 38.8 Å². The van der Waals surface area contributed by atoms with Crippen LogP contribution in [0.15, 0.2) is 39.3 Å². The lowest BCUT2D eigenvalue weighted by atomic mass is 9.97. The minimum absolute atomic E-state index is 0.201. The molecule has 4 heteroatoms. The van der Waals surface area contributed by atoms with Crippen LogP contribution in [0.1, 0.15) is 27.6 Å². The highest BCUT2D eigenvalue weighted by Gasteiger charge is 2.24. The number of benzene rings is 2. The van der Waals surface area contributed by atoms with Crippen molar-refractivity contribution in [2.24, 2.45) is 0 Å². The molecule has 0 spiro atoms. The Morgan fingerprint density at radius 3 is 2.65 bits per heavy atom. The summed E-state index contributed by atoms with van der Waals surface area (Å²) in [5.74, 6) is 0.954. The molecule has 2 aromatic rings. The Labute approximate surface area is 140 Å². The van der Waals surface area contributed by atoms with Crippen LogP contribution < -0.4 is 4.74 Å². The Hall–Kier alpha value is -0.510. The highest BCUT2D eigenvalue weighted by atomic mass is 79.9. The molecule has 0 aromatic heterocycles. The van der Waals surface area contributed by atoms with Crippen LogP contribution in [0.2, 0.25) is 0 Å². The van der Waals surface area contributed by atoms with Crippen molar-refractivity contribution in [3.8, 4) is 5.75 Å². The smallest absolute Gasteiger partial charge is 0.127 e. The predicted molar refractivity (Wildman–Crippen MR) is 89.9 cm³/mol. The zero-order valence-corrected chi connectivity index (χ0v) is 14.8. The summed E-state index contributed by atoms with van der Waals surface area (Å²) in [7, 11) is 0. The van der Waals surface area contributed by atoms with Crippen LogP contribution in [-0.4, -0.2) is 6.61 Å². The van der Waals surface area contributed by atoms with Crippen molar-refractivity contribution >= 4 is 43.5 Å². The van der Waals surface area contributed by atoms with Gasteiger partial charge in [0.1, 0.15) is 5.75 Å². The molecule has 1 aliphatic heterocycles. The lowest BCUT2D eigenvalue weighted by Gasteiger charge is -2.17. The summed E-state index contributed by atoms with van der Waals surface area (Å²) >= 11 is 13.8. The van der Waals surface area contributed by atoms with Gasteiger partial charge < -0.3 is 4.74 Å². The second-order valence-electron chi connectivity index (χ2n) is 4.95. The topological polar surface area (TPSA) is 9.23 Å².